The van der Waals surface area contributed by atoms with E-state index < -0.39 is 6.36 Å². The molecule has 31 heavy (non-hydrogen) atoms. The first-order chi connectivity index (χ1) is 14.6. The van der Waals surface area contributed by atoms with Gasteiger partial charge in [0.25, 0.3) is 5.91 Å². The van der Waals surface area contributed by atoms with Gasteiger partial charge in [0.15, 0.2) is 6.61 Å². The zero-order valence-electron chi connectivity index (χ0n) is 17.2. The van der Waals surface area contributed by atoms with Crippen LogP contribution in [-0.2, 0) is 11.3 Å². The molecule has 2 aromatic rings. The SMILES string of the molecule is CC1CN(C(=O)COc2ccc(OC(F)(F)F)cc2)C(C)CN1Cc1ccc(F)cc1. The Kier molecular flexibility index (Phi) is 7.04. The van der Waals surface area contributed by atoms with Crippen LogP contribution in [0.3, 0.4) is 0 Å². The number of carbonyl (C=O) groups excluding carboxylic acids is 1. The molecule has 0 N–H and O–H groups in total. The van der Waals surface area contributed by atoms with E-state index in [-0.39, 0.29) is 41.9 Å². The van der Waals surface area contributed by atoms with Gasteiger partial charge in [-0.25, -0.2) is 4.39 Å². The molecule has 0 aromatic heterocycles. The van der Waals surface area contributed by atoms with Gasteiger partial charge >= 0.3 is 6.36 Å². The van der Waals surface area contributed by atoms with E-state index in [0.29, 0.717) is 19.6 Å². The van der Waals surface area contributed by atoms with E-state index in [9.17, 15) is 22.4 Å². The van der Waals surface area contributed by atoms with Crippen LogP contribution in [0, 0.1) is 5.82 Å². The minimum absolute atomic E-state index is 0.0460. The van der Waals surface area contributed by atoms with Gasteiger partial charge in [-0.1, -0.05) is 12.1 Å². The fourth-order valence-electron chi connectivity index (χ4n) is 3.56. The monoisotopic (exact) mass is 440 g/mol. The van der Waals surface area contributed by atoms with E-state index in [1.54, 1.807) is 17.0 Å². The zero-order valence-corrected chi connectivity index (χ0v) is 17.2. The molecule has 1 heterocycles. The van der Waals surface area contributed by atoms with Crippen molar-refractivity contribution in [3.05, 3.63) is 59.9 Å². The fraction of sp³-hybridized carbons (Fsp3) is 0.409. The number of amides is 1. The van der Waals surface area contributed by atoms with Crippen molar-refractivity contribution in [1.82, 2.24) is 9.80 Å². The van der Waals surface area contributed by atoms with Gasteiger partial charge in [-0.05, 0) is 55.8 Å². The van der Waals surface area contributed by atoms with Gasteiger partial charge in [0.05, 0.1) is 0 Å². The smallest absolute Gasteiger partial charge is 0.484 e. The zero-order chi connectivity index (χ0) is 22.6. The summed E-state index contributed by atoms with van der Waals surface area (Å²) in [4.78, 5) is 16.6. The van der Waals surface area contributed by atoms with Gasteiger partial charge in [0.1, 0.15) is 17.3 Å². The van der Waals surface area contributed by atoms with Crippen molar-refractivity contribution in [1.29, 1.82) is 0 Å². The highest BCUT2D eigenvalue weighted by Crippen LogP contribution is 2.25. The molecule has 9 heteroatoms. The number of hydrogen-bond donors (Lipinski definition) is 0. The molecule has 0 spiro atoms. The number of nitrogens with zero attached hydrogens (tertiary/aromatic N) is 2. The van der Waals surface area contributed by atoms with Gasteiger partial charge in [-0.2, -0.15) is 0 Å². The van der Waals surface area contributed by atoms with Gasteiger partial charge in [0, 0.05) is 31.7 Å². The summed E-state index contributed by atoms with van der Waals surface area (Å²) in [5.41, 5.74) is 1.00. The molecule has 1 amide bonds. The second-order valence-electron chi connectivity index (χ2n) is 7.61. The third-order valence-electron chi connectivity index (χ3n) is 5.15. The predicted octanol–water partition coefficient (Wildman–Crippen LogP) is 4.22. The number of piperazine rings is 1. The lowest BCUT2D eigenvalue weighted by Crippen LogP contribution is -2.58. The van der Waals surface area contributed by atoms with Crippen molar-refractivity contribution in [2.75, 3.05) is 19.7 Å². The second-order valence-corrected chi connectivity index (χ2v) is 7.61. The van der Waals surface area contributed by atoms with Gasteiger partial charge in [-0.3, -0.25) is 9.69 Å². The molecule has 2 aromatic carbocycles. The van der Waals surface area contributed by atoms with E-state index >= 15 is 0 Å². The molecule has 0 bridgehead atoms. The quantitative estimate of drug-likeness (QED) is 0.631. The van der Waals surface area contributed by atoms with Crippen LogP contribution in [0.5, 0.6) is 11.5 Å². The van der Waals surface area contributed by atoms with Crippen LogP contribution in [-0.4, -0.2) is 53.8 Å². The summed E-state index contributed by atoms with van der Waals surface area (Å²) >= 11 is 0. The molecule has 0 saturated carbocycles. The van der Waals surface area contributed by atoms with Gasteiger partial charge in [-0.15, -0.1) is 13.2 Å². The number of carbonyl (C=O) groups is 1. The first kappa shape index (κ1) is 22.9. The van der Waals surface area contributed by atoms with Crippen LogP contribution in [0.4, 0.5) is 17.6 Å². The summed E-state index contributed by atoms with van der Waals surface area (Å²) < 4.78 is 59.0. The lowest BCUT2D eigenvalue weighted by atomic mass is 10.1. The summed E-state index contributed by atoms with van der Waals surface area (Å²) in [5, 5.41) is 0. The highest BCUT2D eigenvalue weighted by molar-refractivity contribution is 5.78. The first-order valence-corrected chi connectivity index (χ1v) is 9.87. The maximum absolute atomic E-state index is 13.1. The molecule has 168 valence electrons. The molecule has 5 nitrogen and oxygen atoms in total. The van der Waals surface area contributed by atoms with E-state index in [4.69, 9.17) is 4.74 Å². The summed E-state index contributed by atoms with van der Waals surface area (Å²) in [7, 11) is 0. The lowest BCUT2D eigenvalue weighted by Gasteiger charge is -2.44. The number of benzene rings is 2. The second kappa shape index (κ2) is 9.55. The maximum atomic E-state index is 13.1. The highest BCUT2D eigenvalue weighted by Gasteiger charge is 2.32. The van der Waals surface area contributed by atoms with Crippen molar-refractivity contribution < 1.29 is 31.8 Å². The minimum Gasteiger partial charge on any atom is -0.484 e. The van der Waals surface area contributed by atoms with Crippen LogP contribution in [0.1, 0.15) is 19.4 Å². The van der Waals surface area contributed by atoms with Crippen molar-refractivity contribution >= 4 is 5.91 Å². The number of rotatable bonds is 6. The Morgan fingerprint density at radius 1 is 0.968 bits per heavy atom. The Balaban J connectivity index is 1.51. The van der Waals surface area contributed by atoms with Gasteiger partial charge in [0.2, 0.25) is 0 Å². The number of halogens is 4. The minimum atomic E-state index is -4.76. The third-order valence-corrected chi connectivity index (χ3v) is 5.15. The van der Waals surface area contributed by atoms with E-state index in [2.05, 4.69) is 9.64 Å². The predicted molar refractivity (Wildman–Crippen MR) is 106 cm³/mol. The molecule has 1 fully saturated rings. The van der Waals surface area contributed by atoms with Crippen LogP contribution in [0.25, 0.3) is 0 Å². The average Bonchev–Trinajstić information content (AvgIpc) is 2.70. The summed E-state index contributed by atoms with van der Waals surface area (Å²) in [6.07, 6.45) is -4.76. The molecule has 1 aliphatic heterocycles. The lowest BCUT2D eigenvalue weighted by molar-refractivity contribution is -0.274. The van der Waals surface area contributed by atoms with Crippen molar-refractivity contribution in [3.63, 3.8) is 0 Å². The molecular weight excluding hydrogens is 416 g/mol. The Morgan fingerprint density at radius 2 is 1.58 bits per heavy atom. The van der Waals surface area contributed by atoms with Crippen LogP contribution in [0.2, 0.25) is 0 Å². The Bertz CT molecular complexity index is 872. The molecule has 0 radical (unpaired) electrons. The van der Waals surface area contributed by atoms with Crippen LogP contribution < -0.4 is 9.47 Å². The topological polar surface area (TPSA) is 42.0 Å². The standard InChI is InChI=1S/C22H24F4N2O3/c1-15-12-28(16(2)11-27(15)13-17-3-5-18(23)6-4-17)21(29)14-30-19-7-9-20(10-8-19)31-22(24,25)26/h3-10,15-16H,11-14H2,1-2H3. The molecule has 3 rings (SSSR count). The Hall–Kier alpha value is -2.81. The molecular formula is C22H24F4N2O3. The van der Waals surface area contributed by atoms with Crippen molar-refractivity contribution in [2.24, 2.45) is 0 Å². The summed E-state index contributed by atoms with van der Waals surface area (Å²) in [5.74, 6) is -0.552. The number of hydrogen-bond acceptors (Lipinski definition) is 4. The number of ether oxygens (including phenoxy) is 2. The summed E-state index contributed by atoms with van der Waals surface area (Å²) in [6, 6.07) is 11.3. The molecule has 1 saturated heterocycles. The van der Waals surface area contributed by atoms with Crippen molar-refractivity contribution in [2.45, 2.75) is 38.8 Å². The largest absolute Gasteiger partial charge is 0.573 e. The van der Waals surface area contributed by atoms with Crippen LogP contribution in [0.15, 0.2) is 48.5 Å². The maximum Gasteiger partial charge on any atom is 0.573 e. The molecule has 0 aliphatic carbocycles. The molecule has 1 aliphatic rings. The van der Waals surface area contributed by atoms with E-state index in [1.165, 1.54) is 24.3 Å². The molecule has 2 atom stereocenters. The van der Waals surface area contributed by atoms with Crippen molar-refractivity contribution in [3.8, 4) is 11.5 Å². The Labute approximate surface area is 178 Å². The molecule has 2 unspecified atom stereocenters. The summed E-state index contributed by atoms with van der Waals surface area (Å²) in [6.45, 7) is 5.60. The van der Waals surface area contributed by atoms with Gasteiger partial charge < -0.3 is 14.4 Å². The average molecular weight is 440 g/mol. The third kappa shape index (κ3) is 6.58. The van der Waals surface area contributed by atoms with Crippen LogP contribution >= 0.6 is 0 Å². The Morgan fingerprint density at radius 3 is 2.19 bits per heavy atom. The highest BCUT2D eigenvalue weighted by atomic mass is 19.4. The normalized spacial score (nSPS) is 19.9. The van der Waals surface area contributed by atoms with E-state index in [0.717, 1.165) is 17.7 Å². The fourth-order valence-corrected chi connectivity index (χ4v) is 3.56. The number of alkyl halides is 3. The first-order valence-electron chi connectivity index (χ1n) is 9.87. The van der Waals surface area contributed by atoms with E-state index in [1.807, 2.05) is 13.8 Å².